The first-order chi connectivity index (χ1) is 4.97. The zero-order chi connectivity index (χ0) is 6.81. The third-order valence-corrected chi connectivity index (χ3v) is 1.03. The summed E-state index contributed by atoms with van der Waals surface area (Å²) in [6, 6.07) is 0. The van der Waals surface area contributed by atoms with Crippen molar-refractivity contribution in [1.29, 1.82) is 0 Å². The van der Waals surface area contributed by atoms with Crippen LogP contribution in [0.1, 0.15) is 0 Å². The quantitative estimate of drug-likeness (QED) is 0.591. The van der Waals surface area contributed by atoms with Crippen LogP contribution < -0.4 is 0 Å². The first-order valence-electron chi connectivity index (χ1n) is 2.60. The highest BCUT2D eigenvalue weighted by atomic mass is 16.5. The summed E-state index contributed by atoms with van der Waals surface area (Å²) in [7, 11) is 0. The summed E-state index contributed by atoms with van der Waals surface area (Å²) < 4.78 is 4.69. The predicted molar refractivity (Wildman–Crippen MR) is 29.7 cm³/mol. The van der Waals surface area contributed by atoms with Crippen molar-refractivity contribution >= 4 is 0 Å². The highest BCUT2D eigenvalue weighted by molar-refractivity contribution is 5.46. The van der Waals surface area contributed by atoms with Gasteiger partial charge in [0.05, 0.1) is 6.20 Å². The fraction of sp³-hybridized carbons (Fsp3) is 0. The molecule has 2 heterocycles. The van der Waals surface area contributed by atoms with E-state index < -0.39 is 0 Å². The number of nitrogens with zero attached hydrogens (tertiary/aromatic N) is 4. The van der Waals surface area contributed by atoms with Gasteiger partial charge < -0.3 is 4.52 Å². The van der Waals surface area contributed by atoms with Crippen LogP contribution in [-0.2, 0) is 0 Å². The zero-order valence-corrected chi connectivity index (χ0v) is 4.85. The number of aromatic amines is 1. The molecule has 50 valence electrons. The van der Waals surface area contributed by atoms with Gasteiger partial charge in [-0.25, -0.2) is 0 Å². The van der Waals surface area contributed by atoms with E-state index in [1.54, 1.807) is 0 Å². The average Bonchev–Trinajstić information content (AvgIpc) is 2.59. The second kappa shape index (κ2) is 1.90. The molecule has 2 aromatic rings. The summed E-state index contributed by atoms with van der Waals surface area (Å²) in [5, 5.41) is 16.5. The van der Waals surface area contributed by atoms with Gasteiger partial charge in [-0.1, -0.05) is 0 Å². The molecule has 0 aliphatic rings. The molecule has 0 amide bonds. The Labute approximate surface area is 55.2 Å². The van der Waals surface area contributed by atoms with Crippen LogP contribution in [0, 0.1) is 0 Å². The van der Waals surface area contributed by atoms with Gasteiger partial charge in [-0.05, 0) is 0 Å². The van der Waals surface area contributed by atoms with E-state index in [0.717, 1.165) is 0 Å². The largest absolute Gasteiger partial charge is 0.335 e. The molecule has 0 fully saturated rings. The van der Waals surface area contributed by atoms with Crippen LogP contribution in [0.15, 0.2) is 16.9 Å². The van der Waals surface area contributed by atoms with Crippen molar-refractivity contribution in [2.45, 2.75) is 0 Å². The summed E-state index contributed by atoms with van der Waals surface area (Å²) in [5.41, 5.74) is 0.602. The number of hydrogen-bond donors (Lipinski definition) is 1. The van der Waals surface area contributed by atoms with Crippen molar-refractivity contribution in [3.8, 4) is 11.5 Å². The van der Waals surface area contributed by atoms with Crippen LogP contribution in [0.5, 0.6) is 0 Å². The minimum absolute atomic E-state index is 0.508. The SMILES string of the molecule is c1n[nH]nc1-c1cnno1. The second-order valence-electron chi connectivity index (χ2n) is 1.64. The number of H-pyrrole nitrogens is 1. The smallest absolute Gasteiger partial charge is 0.209 e. The highest BCUT2D eigenvalue weighted by Crippen LogP contribution is 2.10. The fourth-order valence-corrected chi connectivity index (χ4v) is 0.600. The van der Waals surface area contributed by atoms with E-state index in [9.17, 15) is 0 Å². The lowest BCUT2D eigenvalue weighted by molar-refractivity contribution is 0.402. The molecule has 0 saturated carbocycles. The Hall–Kier alpha value is -1.72. The second-order valence-corrected chi connectivity index (χ2v) is 1.64. The third-order valence-electron chi connectivity index (χ3n) is 1.03. The highest BCUT2D eigenvalue weighted by Gasteiger charge is 2.03. The minimum atomic E-state index is 0.508. The van der Waals surface area contributed by atoms with Gasteiger partial charge >= 0.3 is 0 Å². The Kier molecular flexibility index (Phi) is 0.970. The van der Waals surface area contributed by atoms with Crippen molar-refractivity contribution in [2.24, 2.45) is 0 Å². The number of aromatic nitrogens is 5. The Morgan fingerprint density at radius 1 is 1.40 bits per heavy atom. The molecular weight excluding hydrogens is 134 g/mol. The molecule has 0 atom stereocenters. The lowest BCUT2D eigenvalue weighted by Gasteiger charge is -1.77. The Balaban J connectivity index is 2.48. The molecule has 0 radical (unpaired) electrons. The van der Waals surface area contributed by atoms with E-state index in [0.29, 0.717) is 11.5 Å². The van der Waals surface area contributed by atoms with Crippen LogP contribution in [0.3, 0.4) is 0 Å². The molecule has 0 saturated heterocycles. The summed E-state index contributed by atoms with van der Waals surface area (Å²) in [6.45, 7) is 0. The van der Waals surface area contributed by atoms with Crippen LogP contribution in [-0.4, -0.2) is 25.8 Å². The maximum Gasteiger partial charge on any atom is 0.209 e. The number of nitrogens with one attached hydrogen (secondary N) is 1. The molecule has 0 aliphatic heterocycles. The summed E-state index contributed by atoms with van der Waals surface area (Å²) in [4.78, 5) is 0. The van der Waals surface area contributed by atoms with Crippen molar-refractivity contribution in [3.05, 3.63) is 12.4 Å². The van der Waals surface area contributed by atoms with E-state index in [2.05, 4.69) is 25.8 Å². The van der Waals surface area contributed by atoms with Crippen molar-refractivity contribution in [1.82, 2.24) is 25.8 Å². The monoisotopic (exact) mass is 137 g/mol. The summed E-state index contributed by atoms with van der Waals surface area (Å²) >= 11 is 0. The van der Waals surface area contributed by atoms with E-state index in [1.165, 1.54) is 12.4 Å². The van der Waals surface area contributed by atoms with Crippen molar-refractivity contribution < 1.29 is 4.52 Å². The van der Waals surface area contributed by atoms with Gasteiger partial charge in [0.2, 0.25) is 5.76 Å². The normalized spacial score (nSPS) is 10.0. The Morgan fingerprint density at radius 3 is 3.00 bits per heavy atom. The molecule has 6 nitrogen and oxygen atoms in total. The molecule has 0 aliphatic carbocycles. The first-order valence-corrected chi connectivity index (χ1v) is 2.60. The Bertz CT molecular complexity index is 253. The fourth-order valence-electron chi connectivity index (χ4n) is 0.600. The Morgan fingerprint density at radius 2 is 2.40 bits per heavy atom. The molecule has 0 aromatic carbocycles. The van der Waals surface area contributed by atoms with E-state index >= 15 is 0 Å². The lowest BCUT2D eigenvalue weighted by Crippen LogP contribution is -1.71. The maximum atomic E-state index is 4.69. The molecule has 0 spiro atoms. The molecule has 2 rings (SSSR count). The van der Waals surface area contributed by atoms with E-state index in [-0.39, 0.29) is 0 Å². The van der Waals surface area contributed by atoms with Gasteiger partial charge in [0.15, 0.2) is 5.69 Å². The summed E-state index contributed by atoms with van der Waals surface area (Å²) in [6.07, 6.45) is 3.00. The van der Waals surface area contributed by atoms with Gasteiger partial charge in [0, 0.05) is 5.27 Å². The third kappa shape index (κ3) is 0.661. The first kappa shape index (κ1) is 5.10. The average molecular weight is 137 g/mol. The van der Waals surface area contributed by atoms with Gasteiger partial charge in [-0.15, -0.1) is 5.10 Å². The van der Waals surface area contributed by atoms with E-state index in [1.807, 2.05) is 0 Å². The van der Waals surface area contributed by atoms with Crippen LogP contribution in [0.2, 0.25) is 0 Å². The topological polar surface area (TPSA) is 80.5 Å². The molecule has 6 heteroatoms. The summed E-state index contributed by atoms with van der Waals surface area (Å²) in [5.74, 6) is 0.508. The molecule has 2 aromatic heterocycles. The maximum absolute atomic E-state index is 4.69. The molecule has 0 bridgehead atoms. The molecule has 1 N–H and O–H groups in total. The van der Waals surface area contributed by atoms with Crippen molar-refractivity contribution in [2.75, 3.05) is 0 Å². The standard InChI is InChI=1S/C4H3N5O/c1-3(7-8-5-1)4-2-6-9-10-4/h1-2H,(H,5,7,8). The number of hydrogen-bond acceptors (Lipinski definition) is 5. The van der Waals surface area contributed by atoms with Crippen LogP contribution in [0.25, 0.3) is 11.5 Å². The lowest BCUT2D eigenvalue weighted by atomic mass is 10.4. The van der Waals surface area contributed by atoms with Gasteiger partial charge in [0.25, 0.3) is 0 Å². The van der Waals surface area contributed by atoms with Gasteiger partial charge in [-0.2, -0.15) is 15.4 Å². The molecule has 0 unspecified atom stereocenters. The van der Waals surface area contributed by atoms with Gasteiger partial charge in [0.1, 0.15) is 6.20 Å². The predicted octanol–water partition coefficient (Wildman–Crippen LogP) is -0.145. The van der Waals surface area contributed by atoms with Gasteiger partial charge in [-0.3, -0.25) is 0 Å². The van der Waals surface area contributed by atoms with Crippen LogP contribution in [0.4, 0.5) is 0 Å². The zero-order valence-electron chi connectivity index (χ0n) is 4.85. The molecular formula is C4H3N5O. The van der Waals surface area contributed by atoms with Crippen LogP contribution >= 0.6 is 0 Å². The number of rotatable bonds is 1. The molecule has 10 heavy (non-hydrogen) atoms. The minimum Gasteiger partial charge on any atom is -0.335 e. The van der Waals surface area contributed by atoms with Crippen molar-refractivity contribution in [3.63, 3.8) is 0 Å². The van der Waals surface area contributed by atoms with E-state index in [4.69, 9.17) is 4.52 Å².